The highest BCUT2D eigenvalue weighted by Gasteiger charge is 2.49. The summed E-state index contributed by atoms with van der Waals surface area (Å²) in [5.41, 5.74) is 1.22. The Balaban J connectivity index is 2.35. The SMILES string of the molecule is CN(C)CC1CC(C)(c2ccccc2)CCC1(C#N)N(C)C. The van der Waals surface area contributed by atoms with Crippen molar-refractivity contribution in [3.63, 3.8) is 0 Å². The van der Waals surface area contributed by atoms with Gasteiger partial charge in [-0.05, 0) is 58.4 Å². The first-order chi connectivity index (χ1) is 10.3. The molecule has 2 rings (SSSR count). The quantitative estimate of drug-likeness (QED) is 0.855. The van der Waals surface area contributed by atoms with Gasteiger partial charge in [0.25, 0.3) is 0 Å². The smallest absolute Gasteiger partial charge is 0.112 e. The molecule has 3 heteroatoms. The van der Waals surface area contributed by atoms with E-state index in [2.05, 4.69) is 81.3 Å². The zero-order chi connectivity index (χ0) is 16.4. The average Bonchev–Trinajstić information content (AvgIpc) is 2.48. The molecule has 0 radical (unpaired) electrons. The summed E-state index contributed by atoms with van der Waals surface area (Å²) >= 11 is 0. The van der Waals surface area contributed by atoms with Crippen molar-refractivity contribution >= 4 is 0 Å². The molecule has 0 aromatic heterocycles. The average molecular weight is 299 g/mol. The summed E-state index contributed by atoms with van der Waals surface area (Å²) in [6.45, 7) is 3.32. The largest absolute Gasteiger partial charge is 0.309 e. The van der Waals surface area contributed by atoms with Gasteiger partial charge >= 0.3 is 0 Å². The number of rotatable bonds is 4. The van der Waals surface area contributed by atoms with Crippen LogP contribution in [0.3, 0.4) is 0 Å². The number of nitrogens with zero attached hydrogens (tertiary/aromatic N) is 3. The van der Waals surface area contributed by atoms with E-state index in [0.29, 0.717) is 5.92 Å². The molecule has 1 aromatic carbocycles. The Morgan fingerprint density at radius 2 is 1.77 bits per heavy atom. The zero-order valence-corrected chi connectivity index (χ0v) is 14.6. The van der Waals surface area contributed by atoms with E-state index in [0.717, 1.165) is 25.8 Å². The normalized spacial score (nSPS) is 32.2. The fraction of sp³-hybridized carbons (Fsp3) is 0.632. The minimum Gasteiger partial charge on any atom is -0.309 e. The van der Waals surface area contributed by atoms with Gasteiger partial charge in [-0.25, -0.2) is 0 Å². The molecule has 1 aromatic rings. The minimum atomic E-state index is -0.349. The maximum absolute atomic E-state index is 9.93. The molecule has 0 spiro atoms. The summed E-state index contributed by atoms with van der Waals surface area (Å²) in [6.07, 6.45) is 3.05. The molecule has 0 saturated heterocycles. The Labute approximate surface area is 135 Å². The van der Waals surface area contributed by atoms with E-state index in [-0.39, 0.29) is 11.0 Å². The summed E-state index contributed by atoms with van der Waals surface area (Å²) in [5.74, 6) is 0.349. The third kappa shape index (κ3) is 3.04. The van der Waals surface area contributed by atoms with Crippen molar-refractivity contribution in [3.8, 4) is 6.07 Å². The van der Waals surface area contributed by atoms with Gasteiger partial charge in [0.2, 0.25) is 0 Å². The lowest BCUT2D eigenvalue weighted by Crippen LogP contribution is -2.57. The first-order valence-corrected chi connectivity index (χ1v) is 8.13. The molecule has 1 saturated carbocycles. The monoisotopic (exact) mass is 299 g/mol. The van der Waals surface area contributed by atoms with Crippen LogP contribution in [0, 0.1) is 17.2 Å². The summed E-state index contributed by atoms with van der Waals surface area (Å²) in [6, 6.07) is 13.5. The maximum Gasteiger partial charge on any atom is 0.112 e. The van der Waals surface area contributed by atoms with Gasteiger partial charge in [-0.15, -0.1) is 0 Å². The van der Waals surface area contributed by atoms with Crippen LogP contribution >= 0.6 is 0 Å². The highest BCUT2D eigenvalue weighted by Crippen LogP contribution is 2.47. The van der Waals surface area contributed by atoms with Crippen LogP contribution in [0.4, 0.5) is 0 Å². The standard InChI is InChI=1S/C19H29N3/c1-18(16-9-7-6-8-10-16)11-12-19(15-20,22(4)5)17(13-18)14-21(2)3/h6-10,17H,11-14H2,1-5H3. The Bertz CT molecular complexity index is 531. The van der Waals surface area contributed by atoms with E-state index in [1.54, 1.807) is 0 Å². The lowest BCUT2D eigenvalue weighted by Gasteiger charge is -2.51. The van der Waals surface area contributed by atoms with Crippen molar-refractivity contribution in [1.29, 1.82) is 5.26 Å². The Morgan fingerprint density at radius 1 is 1.14 bits per heavy atom. The maximum atomic E-state index is 9.93. The second kappa shape index (κ2) is 6.40. The second-order valence-electron chi connectivity index (χ2n) is 7.52. The van der Waals surface area contributed by atoms with Gasteiger partial charge in [0.05, 0.1) is 6.07 Å². The fourth-order valence-electron chi connectivity index (χ4n) is 4.08. The van der Waals surface area contributed by atoms with Gasteiger partial charge in [0, 0.05) is 12.5 Å². The van der Waals surface area contributed by atoms with Crippen molar-refractivity contribution < 1.29 is 0 Å². The molecule has 3 unspecified atom stereocenters. The molecular formula is C19H29N3. The van der Waals surface area contributed by atoms with Gasteiger partial charge in [-0.1, -0.05) is 37.3 Å². The molecule has 0 heterocycles. The highest BCUT2D eigenvalue weighted by molar-refractivity contribution is 5.28. The van der Waals surface area contributed by atoms with Crippen LogP contribution in [-0.2, 0) is 5.41 Å². The van der Waals surface area contributed by atoms with Gasteiger partial charge in [-0.3, -0.25) is 4.90 Å². The molecule has 3 nitrogen and oxygen atoms in total. The van der Waals surface area contributed by atoms with Crippen LogP contribution in [0.25, 0.3) is 0 Å². The van der Waals surface area contributed by atoms with E-state index >= 15 is 0 Å². The Kier molecular flexibility index (Phi) is 4.94. The van der Waals surface area contributed by atoms with Crippen LogP contribution in [0.15, 0.2) is 30.3 Å². The van der Waals surface area contributed by atoms with Gasteiger partial charge < -0.3 is 4.90 Å². The molecule has 120 valence electrons. The van der Waals surface area contributed by atoms with Crippen LogP contribution in [0.5, 0.6) is 0 Å². The Morgan fingerprint density at radius 3 is 2.27 bits per heavy atom. The summed E-state index contributed by atoms with van der Waals surface area (Å²) in [7, 11) is 8.31. The minimum absolute atomic E-state index is 0.165. The predicted octanol–water partition coefficient (Wildman–Crippen LogP) is 3.13. The van der Waals surface area contributed by atoms with E-state index in [1.807, 2.05) is 0 Å². The number of nitriles is 1. The molecule has 1 fully saturated rings. The second-order valence-corrected chi connectivity index (χ2v) is 7.52. The van der Waals surface area contributed by atoms with Crippen LogP contribution in [-0.4, -0.2) is 50.1 Å². The predicted molar refractivity (Wildman–Crippen MR) is 91.7 cm³/mol. The van der Waals surface area contributed by atoms with E-state index in [4.69, 9.17) is 0 Å². The molecule has 0 aliphatic heterocycles. The molecule has 0 bridgehead atoms. The van der Waals surface area contributed by atoms with Crippen LogP contribution in [0.2, 0.25) is 0 Å². The van der Waals surface area contributed by atoms with E-state index < -0.39 is 0 Å². The van der Waals surface area contributed by atoms with Crippen molar-refractivity contribution in [2.24, 2.45) is 5.92 Å². The van der Waals surface area contributed by atoms with Crippen molar-refractivity contribution in [2.45, 2.75) is 37.1 Å². The summed E-state index contributed by atoms with van der Waals surface area (Å²) in [4.78, 5) is 4.36. The highest BCUT2D eigenvalue weighted by atomic mass is 15.2. The number of benzene rings is 1. The third-order valence-corrected chi connectivity index (χ3v) is 5.48. The third-order valence-electron chi connectivity index (χ3n) is 5.48. The molecule has 0 amide bonds. The van der Waals surface area contributed by atoms with E-state index in [9.17, 15) is 5.26 Å². The van der Waals surface area contributed by atoms with Crippen molar-refractivity contribution in [3.05, 3.63) is 35.9 Å². The topological polar surface area (TPSA) is 30.3 Å². The van der Waals surface area contributed by atoms with Crippen LogP contribution in [0.1, 0.15) is 31.7 Å². The number of hydrogen-bond donors (Lipinski definition) is 0. The lowest BCUT2D eigenvalue weighted by molar-refractivity contribution is 0.0398. The summed E-state index contributed by atoms with van der Waals surface area (Å²) in [5, 5.41) is 9.93. The Hall–Kier alpha value is -1.37. The molecule has 1 aliphatic rings. The molecule has 3 atom stereocenters. The fourth-order valence-corrected chi connectivity index (χ4v) is 4.08. The number of hydrogen-bond acceptors (Lipinski definition) is 3. The molecule has 0 N–H and O–H groups in total. The zero-order valence-electron chi connectivity index (χ0n) is 14.6. The van der Waals surface area contributed by atoms with Crippen LogP contribution < -0.4 is 0 Å². The summed E-state index contributed by atoms with van der Waals surface area (Å²) < 4.78 is 0. The van der Waals surface area contributed by atoms with Gasteiger partial charge in [0.1, 0.15) is 5.54 Å². The van der Waals surface area contributed by atoms with Gasteiger partial charge in [0.15, 0.2) is 0 Å². The first-order valence-electron chi connectivity index (χ1n) is 8.13. The van der Waals surface area contributed by atoms with Crippen molar-refractivity contribution in [2.75, 3.05) is 34.7 Å². The molecule has 1 aliphatic carbocycles. The molecular weight excluding hydrogens is 270 g/mol. The lowest BCUT2D eigenvalue weighted by atomic mass is 9.60. The first kappa shape index (κ1) is 17.0. The van der Waals surface area contributed by atoms with Crippen molar-refractivity contribution in [1.82, 2.24) is 9.80 Å². The van der Waals surface area contributed by atoms with Gasteiger partial charge in [-0.2, -0.15) is 5.26 Å². The van der Waals surface area contributed by atoms with E-state index in [1.165, 1.54) is 5.56 Å². The molecule has 22 heavy (non-hydrogen) atoms.